The van der Waals surface area contributed by atoms with Gasteiger partial charge in [0.1, 0.15) is 12.1 Å². The third kappa shape index (κ3) is 3.50. The van der Waals surface area contributed by atoms with Crippen molar-refractivity contribution in [2.75, 3.05) is 24.5 Å². The summed E-state index contributed by atoms with van der Waals surface area (Å²) in [5, 5.41) is 5.64. The van der Waals surface area contributed by atoms with Crippen molar-refractivity contribution in [1.29, 1.82) is 0 Å². The van der Waals surface area contributed by atoms with Crippen LogP contribution in [-0.4, -0.2) is 56.4 Å². The number of hydrogen-bond acceptors (Lipinski definition) is 5. The first-order valence-corrected chi connectivity index (χ1v) is 11.0. The lowest BCUT2D eigenvalue weighted by atomic mass is 9.85. The summed E-state index contributed by atoms with van der Waals surface area (Å²) in [6.07, 6.45) is 9.08. The maximum atomic E-state index is 4.66. The molecule has 2 aromatic heterocycles. The average molecular weight is 391 g/mol. The minimum atomic E-state index is 0.535. The molecule has 152 valence electrons. The third-order valence-electron chi connectivity index (χ3n) is 6.70. The number of hydrogen-bond donors (Lipinski definition) is 0. The van der Waals surface area contributed by atoms with Crippen LogP contribution in [0.4, 0.5) is 5.82 Å². The highest BCUT2D eigenvalue weighted by Crippen LogP contribution is 2.31. The normalized spacial score (nSPS) is 26.1. The first-order chi connectivity index (χ1) is 14.2. The number of fused-ring (bicyclic) bond motifs is 1. The quantitative estimate of drug-likeness (QED) is 0.679. The lowest BCUT2D eigenvalue weighted by Crippen LogP contribution is -2.56. The highest BCUT2D eigenvalue weighted by atomic mass is 15.3. The molecule has 1 aliphatic carbocycles. The number of nitrogens with zero attached hydrogens (tertiary/aromatic N) is 6. The molecule has 29 heavy (non-hydrogen) atoms. The van der Waals surface area contributed by atoms with E-state index in [1.54, 1.807) is 6.33 Å². The van der Waals surface area contributed by atoms with E-state index in [1.807, 2.05) is 29.1 Å². The molecule has 6 heteroatoms. The number of aromatic nitrogens is 4. The Kier molecular flexibility index (Phi) is 4.96. The van der Waals surface area contributed by atoms with Crippen molar-refractivity contribution in [3.63, 3.8) is 0 Å². The second kappa shape index (κ2) is 7.75. The summed E-state index contributed by atoms with van der Waals surface area (Å²) < 4.78 is 1.91. The second-order valence-electron chi connectivity index (χ2n) is 8.78. The van der Waals surface area contributed by atoms with Gasteiger partial charge in [0.15, 0.2) is 5.65 Å². The van der Waals surface area contributed by atoms with E-state index in [1.165, 1.54) is 25.7 Å². The van der Waals surface area contributed by atoms with E-state index in [2.05, 4.69) is 50.8 Å². The molecular weight excluding hydrogens is 360 g/mol. The molecular formula is C23H30N6. The molecule has 3 aromatic rings. The Balaban J connectivity index is 1.39. The minimum Gasteiger partial charge on any atom is -0.353 e. The van der Waals surface area contributed by atoms with Gasteiger partial charge in [-0.15, -0.1) is 0 Å². The molecule has 3 heterocycles. The van der Waals surface area contributed by atoms with Crippen molar-refractivity contribution in [2.24, 2.45) is 5.92 Å². The summed E-state index contributed by atoms with van der Waals surface area (Å²) in [7, 11) is 0. The molecule has 0 unspecified atom stereocenters. The molecule has 5 rings (SSSR count). The summed E-state index contributed by atoms with van der Waals surface area (Å²) in [4.78, 5) is 14.4. The predicted molar refractivity (Wildman–Crippen MR) is 116 cm³/mol. The Hall–Kier alpha value is -2.47. The molecule has 1 saturated carbocycles. The molecule has 0 bridgehead atoms. The monoisotopic (exact) mass is 390 g/mol. The van der Waals surface area contributed by atoms with E-state index in [0.717, 1.165) is 54.1 Å². The van der Waals surface area contributed by atoms with Crippen LogP contribution in [-0.2, 0) is 0 Å². The van der Waals surface area contributed by atoms with E-state index >= 15 is 0 Å². The van der Waals surface area contributed by atoms with Gasteiger partial charge >= 0.3 is 0 Å². The van der Waals surface area contributed by atoms with Gasteiger partial charge in [-0.3, -0.25) is 4.90 Å². The molecule has 1 aromatic carbocycles. The zero-order chi connectivity index (χ0) is 19.8. The van der Waals surface area contributed by atoms with Gasteiger partial charge in [0.05, 0.1) is 17.3 Å². The summed E-state index contributed by atoms with van der Waals surface area (Å²) in [6.45, 7) is 7.91. The molecule has 2 fully saturated rings. The zero-order valence-corrected chi connectivity index (χ0v) is 17.4. The van der Waals surface area contributed by atoms with Crippen molar-refractivity contribution in [2.45, 2.75) is 51.6 Å². The Bertz CT molecular complexity index is 968. The highest BCUT2D eigenvalue weighted by molar-refractivity contribution is 5.87. The number of benzene rings is 1. The van der Waals surface area contributed by atoms with Crippen molar-refractivity contribution in [1.82, 2.24) is 24.6 Å². The zero-order valence-electron chi connectivity index (χ0n) is 17.4. The van der Waals surface area contributed by atoms with E-state index in [-0.39, 0.29) is 0 Å². The largest absolute Gasteiger partial charge is 0.353 e. The van der Waals surface area contributed by atoms with E-state index in [0.29, 0.717) is 6.04 Å². The first-order valence-electron chi connectivity index (χ1n) is 11.0. The average Bonchev–Trinajstić information content (AvgIpc) is 3.18. The van der Waals surface area contributed by atoms with Crippen LogP contribution in [0.2, 0.25) is 0 Å². The van der Waals surface area contributed by atoms with Crippen LogP contribution >= 0.6 is 0 Å². The lowest BCUT2D eigenvalue weighted by Gasteiger charge is -2.46. The van der Waals surface area contributed by atoms with Crippen molar-refractivity contribution in [3.8, 4) is 5.69 Å². The maximum absolute atomic E-state index is 4.66. The summed E-state index contributed by atoms with van der Waals surface area (Å²) in [5.74, 6) is 1.88. The van der Waals surface area contributed by atoms with Crippen LogP contribution in [0, 0.1) is 5.92 Å². The van der Waals surface area contributed by atoms with Gasteiger partial charge in [-0.1, -0.05) is 38.0 Å². The van der Waals surface area contributed by atoms with Crippen LogP contribution < -0.4 is 4.90 Å². The van der Waals surface area contributed by atoms with Crippen LogP contribution in [0.1, 0.15) is 39.5 Å². The number of piperazine rings is 1. The third-order valence-corrected chi connectivity index (χ3v) is 6.70. The second-order valence-corrected chi connectivity index (χ2v) is 8.78. The Labute approximate surface area is 172 Å². The number of para-hydroxylation sites is 1. The predicted octanol–water partition coefficient (Wildman–Crippen LogP) is 3.90. The van der Waals surface area contributed by atoms with Gasteiger partial charge < -0.3 is 4.90 Å². The van der Waals surface area contributed by atoms with Gasteiger partial charge in [0.25, 0.3) is 0 Å². The first kappa shape index (κ1) is 18.6. The van der Waals surface area contributed by atoms with Gasteiger partial charge in [-0.25, -0.2) is 14.6 Å². The lowest BCUT2D eigenvalue weighted by molar-refractivity contribution is 0.0862. The molecule has 0 radical (unpaired) electrons. The molecule has 0 N–H and O–H groups in total. The van der Waals surface area contributed by atoms with Crippen LogP contribution in [0.3, 0.4) is 0 Å². The van der Waals surface area contributed by atoms with E-state index < -0.39 is 0 Å². The molecule has 3 atom stereocenters. The molecule has 1 saturated heterocycles. The molecule has 0 spiro atoms. The molecule has 6 nitrogen and oxygen atoms in total. The maximum Gasteiger partial charge on any atom is 0.168 e. The molecule has 2 aliphatic rings. The van der Waals surface area contributed by atoms with Gasteiger partial charge in [-0.05, 0) is 37.8 Å². The van der Waals surface area contributed by atoms with E-state index in [4.69, 9.17) is 0 Å². The minimum absolute atomic E-state index is 0.535. The van der Waals surface area contributed by atoms with Crippen molar-refractivity contribution < 1.29 is 0 Å². The van der Waals surface area contributed by atoms with Crippen molar-refractivity contribution in [3.05, 3.63) is 42.9 Å². The van der Waals surface area contributed by atoms with Gasteiger partial charge in [0.2, 0.25) is 0 Å². The van der Waals surface area contributed by atoms with Gasteiger partial charge in [-0.2, -0.15) is 5.10 Å². The van der Waals surface area contributed by atoms with E-state index in [9.17, 15) is 0 Å². The number of anilines is 1. The summed E-state index contributed by atoms with van der Waals surface area (Å²) in [6, 6.07) is 11.5. The fraction of sp³-hybridized carbons (Fsp3) is 0.522. The molecule has 1 aliphatic heterocycles. The fourth-order valence-corrected chi connectivity index (χ4v) is 5.25. The topological polar surface area (TPSA) is 50.1 Å². The highest BCUT2D eigenvalue weighted by Gasteiger charge is 2.32. The Morgan fingerprint density at radius 1 is 1.00 bits per heavy atom. The van der Waals surface area contributed by atoms with Crippen LogP contribution in [0.5, 0.6) is 0 Å². The fourth-order valence-electron chi connectivity index (χ4n) is 5.25. The number of rotatable bonds is 3. The van der Waals surface area contributed by atoms with Crippen LogP contribution in [0.25, 0.3) is 16.7 Å². The van der Waals surface area contributed by atoms with Crippen molar-refractivity contribution >= 4 is 16.9 Å². The Morgan fingerprint density at radius 2 is 1.86 bits per heavy atom. The smallest absolute Gasteiger partial charge is 0.168 e. The molecule has 0 amide bonds. The summed E-state index contributed by atoms with van der Waals surface area (Å²) >= 11 is 0. The van der Waals surface area contributed by atoms with Crippen LogP contribution in [0.15, 0.2) is 42.9 Å². The Morgan fingerprint density at radius 3 is 2.66 bits per heavy atom. The van der Waals surface area contributed by atoms with Gasteiger partial charge in [0, 0.05) is 31.7 Å². The summed E-state index contributed by atoms with van der Waals surface area (Å²) in [5.41, 5.74) is 1.90. The SMILES string of the molecule is C[C@@H]1CCC[C@H](N2CCN(c3ncnc4c3cnn4-c3ccccc3)C[C@@H]2C)C1. The standard InChI is InChI=1S/C23H30N6/c1-17-7-6-10-20(13-17)28-12-11-27(15-18(28)2)22-21-14-26-29(23(21)25-16-24-22)19-8-4-3-5-9-19/h3-5,8-9,14,16-18,20H,6-7,10-13,15H2,1-2H3/t17-,18+,20+/m1/s1.